The number of urea groups is 1. The van der Waals surface area contributed by atoms with Crippen LogP contribution in [0.5, 0.6) is 5.75 Å². The lowest BCUT2D eigenvalue weighted by molar-refractivity contribution is -0.147. The van der Waals surface area contributed by atoms with Crippen molar-refractivity contribution in [1.29, 1.82) is 0 Å². The summed E-state index contributed by atoms with van der Waals surface area (Å²) in [7, 11) is 1.57. The molecule has 1 saturated heterocycles. The van der Waals surface area contributed by atoms with Crippen LogP contribution in [0.4, 0.5) is 4.79 Å². The number of carbonyl (C=O) groups excluding carboxylic acids is 3. The minimum Gasteiger partial charge on any atom is -0.496 e. The van der Waals surface area contributed by atoms with Crippen molar-refractivity contribution in [2.24, 2.45) is 0 Å². The summed E-state index contributed by atoms with van der Waals surface area (Å²) < 4.78 is 10.1. The number of nitrogens with one attached hydrogen (secondary N) is 1. The Hall–Kier alpha value is -2.57. The molecular weight excluding hydrogens is 312 g/mol. The van der Waals surface area contributed by atoms with E-state index in [0.717, 1.165) is 10.5 Å². The summed E-state index contributed by atoms with van der Waals surface area (Å²) in [6.45, 7) is 5.14. The molecular formula is C17H22N2O5. The molecule has 1 aliphatic heterocycles. The molecule has 7 nitrogen and oxygen atoms in total. The van der Waals surface area contributed by atoms with E-state index in [9.17, 15) is 14.4 Å². The normalized spacial score (nSPS) is 20.1. The Kier molecular flexibility index (Phi) is 5.11. The number of methoxy groups -OCH3 is 1. The van der Waals surface area contributed by atoms with Gasteiger partial charge in [-0.1, -0.05) is 13.0 Å². The molecule has 0 aliphatic carbocycles. The summed E-state index contributed by atoms with van der Waals surface area (Å²) >= 11 is 0. The molecule has 130 valence electrons. The average molecular weight is 334 g/mol. The van der Waals surface area contributed by atoms with E-state index in [-0.39, 0.29) is 6.61 Å². The van der Waals surface area contributed by atoms with Gasteiger partial charge in [0.1, 0.15) is 17.8 Å². The molecule has 3 amide bonds. The Labute approximate surface area is 140 Å². The number of ether oxygens (including phenoxy) is 2. The van der Waals surface area contributed by atoms with Crippen LogP contribution in [0.2, 0.25) is 0 Å². The number of carbonyl (C=O) groups is 3. The van der Waals surface area contributed by atoms with Gasteiger partial charge in [0.05, 0.1) is 13.7 Å². The van der Waals surface area contributed by atoms with Gasteiger partial charge in [-0.3, -0.25) is 14.5 Å². The van der Waals surface area contributed by atoms with Crippen molar-refractivity contribution in [3.63, 3.8) is 0 Å². The van der Waals surface area contributed by atoms with Crippen molar-refractivity contribution in [1.82, 2.24) is 10.2 Å². The maximum absolute atomic E-state index is 12.9. The van der Waals surface area contributed by atoms with Crippen LogP contribution in [0.1, 0.15) is 31.4 Å². The number of hydrogen-bond donors (Lipinski definition) is 1. The van der Waals surface area contributed by atoms with E-state index in [1.165, 1.54) is 0 Å². The predicted molar refractivity (Wildman–Crippen MR) is 86.6 cm³/mol. The maximum Gasteiger partial charge on any atom is 0.326 e. The predicted octanol–water partition coefficient (Wildman–Crippen LogP) is 1.72. The highest BCUT2D eigenvalue weighted by Crippen LogP contribution is 2.34. The Bertz CT molecular complexity index is 673. The second-order valence-electron chi connectivity index (χ2n) is 5.57. The fraction of sp³-hybridized carbons (Fsp3) is 0.471. The molecule has 0 radical (unpaired) electrons. The first kappa shape index (κ1) is 17.8. The van der Waals surface area contributed by atoms with Crippen LogP contribution in [0.25, 0.3) is 0 Å². The second-order valence-corrected chi connectivity index (χ2v) is 5.57. The summed E-state index contributed by atoms with van der Waals surface area (Å²) in [5, 5.41) is 2.73. The zero-order valence-electron chi connectivity index (χ0n) is 14.3. The van der Waals surface area contributed by atoms with E-state index in [1.807, 2.05) is 19.9 Å². The summed E-state index contributed by atoms with van der Waals surface area (Å²) in [5.41, 5.74) is 0.336. The topological polar surface area (TPSA) is 84.9 Å². The van der Waals surface area contributed by atoms with Gasteiger partial charge in [-0.25, -0.2) is 4.79 Å². The second kappa shape index (κ2) is 6.90. The van der Waals surface area contributed by atoms with Crippen LogP contribution < -0.4 is 10.1 Å². The van der Waals surface area contributed by atoms with Gasteiger partial charge in [0.15, 0.2) is 0 Å². The highest BCUT2D eigenvalue weighted by Gasteiger charge is 2.51. The highest BCUT2D eigenvalue weighted by atomic mass is 16.5. The Morgan fingerprint density at radius 2 is 2.00 bits per heavy atom. The number of imide groups is 1. The van der Waals surface area contributed by atoms with Crippen molar-refractivity contribution in [2.45, 2.75) is 32.7 Å². The van der Waals surface area contributed by atoms with Gasteiger partial charge in [-0.15, -0.1) is 0 Å². The lowest BCUT2D eigenvalue weighted by atomic mass is 9.86. The van der Waals surface area contributed by atoms with Gasteiger partial charge >= 0.3 is 12.0 Å². The third kappa shape index (κ3) is 2.93. The van der Waals surface area contributed by atoms with Crippen molar-refractivity contribution < 1.29 is 23.9 Å². The molecule has 0 unspecified atom stereocenters. The van der Waals surface area contributed by atoms with Crippen LogP contribution in [0.3, 0.4) is 0 Å². The Morgan fingerprint density at radius 1 is 1.29 bits per heavy atom. The first-order chi connectivity index (χ1) is 11.4. The summed E-state index contributed by atoms with van der Waals surface area (Å²) in [4.78, 5) is 37.7. The molecule has 24 heavy (non-hydrogen) atoms. The van der Waals surface area contributed by atoms with Gasteiger partial charge in [0.25, 0.3) is 5.91 Å². The number of rotatable bonds is 6. The molecule has 1 fully saturated rings. The molecule has 0 saturated carbocycles. The molecule has 2 rings (SSSR count). The minimum absolute atomic E-state index is 0.194. The average Bonchev–Trinajstić information content (AvgIpc) is 2.80. The lowest BCUT2D eigenvalue weighted by Gasteiger charge is -2.26. The minimum atomic E-state index is -1.18. The van der Waals surface area contributed by atoms with Crippen molar-refractivity contribution in [3.8, 4) is 5.75 Å². The number of benzene rings is 1. The highest BCUT2D eigenvalue weighted by molar-refractivity contribution is 6.09. The monoisotopic (exact) mass is 334 g/mol. The van der Waals surface area contributed by atoms with Crippen LogP contribution >= 0.6 is 0 Å². The fourth-order valence-electron chi connectivity index (χ4n) is 2.89. The first-order valence-corrected chi connectivity index (χ1v) is 7.84. The number of aryl methyl sites for hydroxylation is 1. The van der Waals surface area contributed by atoms with Gasteiger partial charge in [0.2, 0.25) is 0 Å². The van der Waals surface area contributed by atoms with Crippen LogP contribution in [0, 0.1) is 6.92 Å². The zero-order chi connectivity index (χ0) is 17.9. The zero-order valence-corrected chi connectivity index (χ0v) is 14.3. The van der Waals surface area contributed by atoms with Gasteiger partial charge in [0, 0.05) is 0 Å². The largest absolute Gasteiger partial charge is 0.496 e. The van der Waals surface area contributed by atoms with Crippen molar-refractivity contribution >= 4 is 17.9 Å². The number of hydrogen-bond acceptors (Lipinski definition) is 5. The molecule has 1 heterocycles. The fourth-order valence-corrected chi connectivity index (χ4v) is 2.89. The standard InChI is InChI=1S/C17H22N2O5/c1-5-17(12-7-8-13(23-4)11(3)9-12)15(21)19(16(22)18-17)10-14(20)24-6-2/h7-9H,5-6,10H2,1-4H3,(H,18,22)/t17-/m1/s1. The molecule has 7 heteroatoms. The lowest BCUT2D eigenvalue weighted by Crippen LogP contribution is -2.44. The van der Waals surface area contributed by atoms with E-state index in [0.29, 0.717) is 17.7 Å². The molecule has 0 spiro atoms. The van der Waals surface area contributed by atoms with Crippen molar-refractivity contribution in [2.75, 3.05) is 20.3 Å². The SMILES string of the molecule is CCOC(=O)CN1C(=O)N[C@](CC)(c2ccc(OC)c(C)c2)C1=O. The quantitative estimate of drug-likeness (QED) is 0.632. The molecule has 1 atom stereocenters. The summed E-state index contributed by atoms with van der Waals surface area (Å²) in [5.74, 6) is -0.364. The van der Waals surface area contributed by atoms with Gasteiger partial charge < -0.3 is 14.8 Å². The third-order valence-corrected chi connectivity index (χ3v) is 4.19. The Balaban J connectivity index is 2.36. The van der Waals surface area contributed by atoms with E-state index in [1.54, 1.807) is 26.2 Å². The molecule has 1 aromatic carbocycles. The molecule has 0 bridgehead atoms. The molecule has 1 aromatic rings. The maximum atomic E-state index is 12.9. The smallest absolute Gasteiger partial charge is 0.326 e. The number of nitrogens with zero attached hydrogens (tertiary/aromatic N) is 1. The summed E-state index contributed by atoms with van der Waals surface area (Å²) in [6.07, 6.45) is 0.364. The van der Waals surface area contributed by atoms with Crippen molar-refractivity contribution in [3.05, 3.63) is 29.3 Å². The molecule has 1 N–H and O–H groups in total. The number of esters is 1. The van der Waals surface area contributed by atoms with Gasteiger partial charge in [-0.05, 0) is 43.5 Å². The van der Waals surface area contributed by atoms with Crippen LogP contribution in [0.15, 0.2) is 18.2 Å². The first-order valence-electron chi connectivity index (χ1n) is 7.84. The Morgan fingerprint density at radius 3 is 2.54 bits per heavy atom. The third-order valence-electron chi connectivity index (χ3n) is 4.19. The summed E-state index contributed by atoms with van der Waals surface area (Å²) in [6, 6.07) is 4.73. The van der Waals surface area contributed by atoms with E-state index in [4.69, 9.17) is 9.47 Å². The number of amides is 3. The molecule has 0 aromatic heterocycles. The van der Waals surface area contributed by atoms with Gasteiger partial charge in [-0.2, -0.15) is 0 Å². The molecule has 1 aliphatic rings. The van der Waals surface area contributed by atoms with E-state index < -0.39 is 30.0 Å². The van der Waals surface area contributed by atoms with E-state index >= 15 is 0 Å². The van der Waals surface area contributed by atoms with Crippen LogP contribution in [-0.2, 0) is 19.9 Å². The van der Waals surface area contributed by atoms with E-state index in [2.05, 4.69) is 5.32 Å². The van der Waals surface area contributed by atoms with Crippen LogP contribution in [-0.4, -0.2) is 43.1 Å².